The molecule has 0 aromatic carbocycles. The Morgan fingerprint density at radius 3 is 2.43 bits per heavy atom. The molecule has 0 heterocycles. The standard InChI is InChI=1S/C10H18N2O2/c1-9(11)7-10(8-12(13)14)5-3-2-4-6-10/h11H,2-8H2,1H3. The van der Waals surface area contributed by atoms with Gasteiger partial charge in [-0.3, -0.25) is 10.1 Å². The third-order valence-corrected chi connectivity index (χ3v) is 3.02. The van der Waals surface area contributed by atoms with E-state index in [4.69, 9.17) is 5.41 Å². The summed E-state index contributed by atoms with van der Waals surface area (Å²) in [5.74, 6) is 0. The number of nitro groups is 1. The van der Waals surface area contributed by atoms with E-state index in [1.165, 1.54) is 6.42 Å². The molecule has 1 N–H and O–H groups in total. The molecule has 0 amide bonds. The van der Waals surface area contributed by atoms with Gasteiger partial charge in [0.1, 0.15) is 0 Å². The molecule has 4 nitrogen and oxygen atoms in total. The maximum atomic E-state index is 10.6. The summed E-state index contributed by atoms with van der Waals surface area (Å²) in [6, 6.07) is 0. The second-order valence-corrected chi connectivity index (χ2v) is 4.51. The van der Waals surface area contributed by atoms with Gasteiger partial charge in [-0.15, -0.1) is 0 Å². The number of hydrogen-bond acceptors (Lipinski definition) is 3. The predicted octanol–water partition coefficient (Wildman–Crippen LogP) is 2.64. The van der Waals surface area contributed by atoms with Gasteiger partial charge in [-0.25, -0.2) is 0 Å². The van der Waals surface area contributed by atoms with Crippen LogP contribution in [0.15, 0.2) is 0 Å². The highest BCUT2D eigenvalue weighted by Gasteiger charge is 2.37. The lowest BCUT2D eigenvalue weighted by Gasteiger charge is -2.33. The lowest BCUT2D eigenvalue weighted by molar-refractivity contribution is -0.498. The number of nitrogens with one attached hydrogen (secondary N) is 1. The molecule has 0 radical (unpaired) electrons. The van der Waals surface area contributed by atoms with Crippen molar-refractivity contribution in [3.8, 4) is 0 Å². The Morgan fingerprint density at radius 2 is 2.00 bits per heavy atom. The largest absolute Gasteiger partial charge is 0.310 e. The lowest BCUT2D eigenvalue weighted by Crippen LogP contribution is -2.33. The first-order valence-corrected chi connectivity index (χ1v) is 5.20. The van der Waals surface area contributed by atoms with Crippen LogP contribution in [0.3, 0.4) is 0 Å². The van der Waals surface area contributed by atoms with Crippen molar-refractivity contribution < 1.29 is 4.92 Å². The summed E-state index contributed by atoms with van der Waals surface area (Å²) in [5.41, 5.74) is 0.377. The predicted molar refractivity (Wildman–Crippen MR) is 55.4 cm³/mol. The van der Waals surface area contributed by atoms with Crippen LogP contribution in [0.4, 0.5) is 0 Å². The molecule has 0 aliphatic heterocycles. The van der Waals surface area contributed by atoms with Gasteiger partial charge in [0.15, 0.2) is 0 Å². The van der Waals surface area contributed by atoms with Crippen molar-refractivity contribution in [1.29, 1.82) is 5.41 Å². The van der Waals surface area contributed by atoms with Crippen molar-refractivity contribution in [3.05, 3.63) is 10.1 Å². The maximum absolute atomic E-state index is 10.6. The van der Waals surface area contributed by atoms with E-state index >= 15 is 0 Å². The van der Waals surface area contributed by atoms with Crippen LogP contribution in [0, 0.1) is 20.9 Å². The van der Waals surface area contributed by atoms with Crippen LogP contribution in [0.1, 0.15) is 45.4 Å². The monoisotopic (exact) mass is 198 g/mol. The molecular weight excluding hydrogens is 180 g/mol. The Hall–Kier alpha value is -0.930. The number of nitrogens with zero attached hydrogens (tertiary/aromatic N) is 1. The zero-order valence-electron chi connectivity index (χ0n) is 8.71. The molecule has 1 saturated carbocycles. The summed E-state index contributed by atoms with van der Waals surface area (Å²) in [6.45, 7) is 1.79. The molecule has 1 rings (SSSR count). The Morgan fingerprint density at radius 1 is 1.43 bits per heavy atom. The van der Waals surface area contributed by atoms with Gasteiger partial charge in [0.25, 0.3) is 0 Å². The van der Waals surface area contributed by atoms with Crippen molar-refractivity contribution in [2.45, 2.75) is 45.4 Å². The maximum Gasteiger partial charge on any atom is 0.209 e. The number of rotatable bonds is 4. The van der Waals surface area contributed by atoms with Crippen LogP contribution < -0.4 is 0 Å². The summed E-state index contributed by atoms with van der Waals surface area (Å²) < 4.78 is 0. The molecule has 0 unspecified atom stereocenters. The quantitative estimate of drug-likeness (QED) is 0.428. The van der Waals surface area contributed by atoms with Gasteiger partial charge in [-0.1, -0.05) is 19.3 Å². The minimum absolute atomic E-state index is 0.0449. The minimum Gasteiger partial charge on any atom is -0.310 e. The van der Waals surface area contributed by atoms with Gasteiger partial charge in [-0.2, -0.15) is 0 Å². The van der Waals surface area contributed by atoms with Crippen LogP contribution >= 0.6 is 0 Å². The van der Waals surface area contributed by atoms with Crippen molar-refractivity contribution >= 4 is 5.71 Å². The summed E-state index contributed by atoms with van der Waals surface area (Å²) in [6.07, 6.45) is 5.81. The second-order valence-electron chi connectivity index (χ2n) is 4.51. The van der Waals surface area contributed by atoms with E-state index in [9.17, 15) is 10.1 Å². The average Bonchev–Trinajstić information content (AvgIpc) is 2.01. The van der Waals surface area contributed by atoms with Gasteiger partial charge >= 0.3 is 0 Å². The molecule has 14 heavy (non-hydrogen) atoms. The second kappa shape index (κ2) is 4.53. The normalized spacial score (nSPS) is 20.4. The van der Waals surface area contributed by atoms with Crippen molar-refractivity contribution in [2.24, 2.45) is 5.41 Å². The Labute approximate surface area is 84.4 Å². The zero-order valence-corrected chi connectivity index (χ0v) is 8.71. The fraction of sp³-hybridized carbons (Fsp3) is 0.900. The van der Waals surface area contributed by atoms with Crippen LogP contribution in [0.25, 0.3) is 0 Å². The van der Waals surface area contributed by atoms with E-state index in [0.717, 1.165) is 25.7 Å². The highest BCUT2D eigenvalue weighted by atomic mass is 16.6. The Balaban J connectivity index is 2.66. The topological polar surface area (TPSA) is 67.0 Å². The smallest absolute Gasteiger partial charge is 0.209 e. The molecule has 0 aromatic rings. The average molecular weight is 198 g/mol. The van der Waals surface area contributed by atoms with Gasteiger partial charge in [0.2, 0.25) is 6.54 Å². The fourth-order valence-corrected chi connectivity index (χ4v) is 2.53. The first-order chi connectivity index (χ1) is 6.54. The molecule has 4 heteroatoms. The third kappa shape index (κ3) is 3.09. The lowest BCUT2D eigenvalue weighted by atomic mass is 9.71. The minimum atomic E-state index is -0.214. The van der Waals surface area contributed by atoms with E-state index in [2.05, 4.69) is 0 Å². The van der Waals surface area contributed by atoms with Gasteiger partial charge in [-0.05, 0) is 26.2 Å². The van der Waals surface area contributed by atoms with E-state index in [-0.39, 0.29) is 16.9 Å². The van der Waals surface area contributed by atoms with Crippen LogP contribution in [-0.2, 0) is 0 Å². The van der Waals surface area contributed by atoms with Crippen LogP contribution in [-0.4, -0.2) is 17.2 Å². The molecule has 0 atom stereocenters. The molecule has 1 aliphatic carbocycles. The third-order valence-electron chi connectivity index (χ3n) is 3.02. The fourth-order valence-electron chi connectivity index (χ4n) is 2.53. The van der Waals surface area contributed by atoms with E-state index in [1.54, 1.807) is 6.92 Å². The van der Waals surface area contributed by atoms with Crippen molar-refractivity contribution in [1.82, 2.24) is 0 Å². The first-order valence-electron chi connectivity index (χ1n) is 5.20. The molecule has 1 fully saturated rings. The summed E-state index contributed by atoms with van der Waals surface area (Å²) in [4.78, 5) is 10.4. The number of hydrogen-bond donors (Lipinski definition) is 1. The highest BCUT2D eigenvalue weighted by Crippen LogP contribution is 2.39. The summed E-state index contributed by atoms with van der Waals surface area (Å²) in [7, 11) is 0. The molecule has 0 spiro atoms. The van der Waals surface area contributed by atoms with E-state index in [1.807, 2.05) is 0 Å². The van der Waals surface area contributed by atoms with Crippen LogP contribution in [0.2, 0.25) is 0 Å². The molecule has 0 bridgehead atoms. The molecule has 80 valence electrons. The molecular formula is C10H18N2O2. The van der Waals surface area contributed by atoms with Crippen LogP contribution in [0.5, 0.6) is 0 Å². The Kier molecular flexibility index (Phi) is 3.61. The van der Waals surface area contributed by atoms with Gasteiger partial charge < -0.3 is 5.41 Å². The molecule has 1 aliphatic rings. The van der Waals surface area contributed by atoms with Gasteiger partial charge in [0.05, 0.1) is 0 Å². The zero-order chi connectivity index (χ0) is 10.6. The van der Waals surface area contributed by atoms with E-state index < -0.39 is 0 Å². The van der Waals surface area contributed by atoms with Gasteiger partial charge in [0, 0.05) is 16.0 Å². The summed E-state index contributed by atoms with van der Waals surface area (Å²) in [5, 5.41) is 18.1. The summed E-state index contributed by atoms with van der Waals surface area (Å²) >= 11 is 0. The molecule has 0 saturated heterocycles. The molecule has 0 aromatic heterocycles. The first kappa shape index (κ1) is 11.1. The van der Waals surface area contributed by atoms with E-state index in [0.29, 0.717) is 12.1 Å². The SMILES string of the molecule is CC(=N)CC1(C[N+](=O)[O-])CCCCC1. The highest BCUT2D eigenvalue weighted by molar-refractivity contribution is 5.79. The Bertz CT molecular complexity index is 214. The van der Waals surface area contributed by atoms with Crippen molar-refractivity contribution in [3.63, 3.8) is 0 Å². The van der Waals surface area contributed by atoms with Crippen molar-refractivity contribution in [2.75, 3.05) is 6.54 Å².